The molecule has 110 valence electrons. The van der Waals surface area contributed by atoms with Gasteiger partial charge in [0.2, 0.25) is 0 Å². The first kappa shape index (κ1) is 15.0. The van der Waals surface area contributed by atoms with Crippen LogP contribution in [0, 0.1) is 11.8 Å². The lowest BCUT2D eigenvalue weighted by Gasteiger charge is -2.20. The smallest absolute Gasteiger partial charge is 0.306 e. The normalized spacial score (nSPS) is 23.6. The van der Waals surface area contributed by atoms with E-state index in [9.17, 15) is 9.90 Å². The summed E-state index contributed by atoms with van der Waals surface area (Å²) in [7, 11) is 0. The number of rotatable bonds is 7. The Morgan fingerprint density at radius 3 is 2.80 bits per heavy atom. The SMILES string of the molecule is CC(CCc1ccccc1)NCC1CCCC1C(=O)O. The third kappa shape index (κ3) is 4.34. The zero-order chi connectivity index (χ0) is 14.4. The van der Waals surface area contributed by atoms with Crippen LogP contribution < -0.4 is 5.32 Å². The van der Waals surface area contributed by atoms with Gasteiger partial charge < -0.3 is 10.4 Å². The van der Waals surface area contributed by atoms with E-state index in [2.05, 4.69) is 36.5 Å². The molecule has 1 aliphatic carbocycles. The predicted octanol–water partition coefficient (Wildman–Crippen LogP) is 3.10. The summed E-state index contributed by atoms with van der Waals surface area (Å²) in [4.78, 5) is 11.1. The maximum Gasteiger partial charge on any atom is 0.306 e. The number of nitrogens with one attached hydrogen (secondary N) is 1. The van der Waals surface area contributed by atoms with E-state index in [1.807, 2.05) is 6.07 Å². The molecule has 1 fully saturated rings. The van der Waals surface area contributed by atoms with Crippen molar-refractivity contribution in [3.8, 4) is 0 Å². The summed E-state index contributed by atoms with van der Waals surface area (Å²) < 4.78 is 0. The van der Waals surface area contributed by atoms with E-state index in [1.165, 1.54) is 5.56 Å². The number of carboxylic acids is 1. The molecule has 0 radical (unpaired) electrons. The van der Waals surface area contributed by atoms with Gasteiger partial charge in [0.1, 0.15) is 0 Å². The van der Waals surface area contributed by atoms with Crippen molar-refractivity contribution >= 4 is 5.97 Å². The monoisotopic (exact) mass is 275 g/mol. The molecule has 2 N–H and O–H groups in total. The summed E-state index contributed by atoms with van der Waals surface area (Å²) >= 11 is 0. The van der Waals surface area contributed by atoms with Crippen LogP contribution in [-0.2, 0) is 11.2 Å². The fraction of sp³-hybridized carbons (Fsp3) is 0.588. The molecule has 0 saturated heterocycles. The van der Waals surface area contributed by atoms with Gasteiger partial charge in [0.05, 0.1) is 5.92 Å². The van der Waals surface area contributed by atoms with Crippen LogP contribution in [0.3, 0.4) is 0 Å². The molecule has 1 saturated carbocycles. The van der Waals surface area contributed by atoms with Gasteiger partial charge in [-0.15, -0.1) is 0 Å². The predicted molar refractivity (Wildman–Crippen MR) is 80.7 cm³/mol. The van der Waals surface area contributed by atoms with Crippen LogP contribution in [0.15, 0.2) is 30.3 Å². The minimum Gasteiger partial charge on any atom is -0.481 e. The average Bonchev–Trinajstić information content (AvgIpc) is 2.92. The Morgan fingerprint density at radius 1 is 1.35 bits per heavy atom. The Morgan fingerprint density at radius 2 is 2.10 bits per heavy atom. The molecule has 3 heteroatoms. The van der Waals surface area contributed by atoms with Gasteiger partial charge in [0.15, 0.2) is 0 Å². The molecule has 0 spiro atoms. The molecular formula is C17H25NO2. The lowest BCUT2D eigenvalue weighted by Crippen LogP contribution is -2.34. The molecule has 1 aromatic rings. The van der Waals surface area contributed by atoms with Crippen molar-refractivity contribution in [3.63, 3.8) is 0 Å². The first-order valence-electron chi connectivity index (χ1n) is 7.67. The van der Waals surface area contributed by atoms with Crippen molar-refractivity contribution in [2.24, 2.45) is 11.8 Å². The highest BCUT2D eigenvalue weighted by molar-refractivity contribution is 5.70. The van der Waals surface area contributed by atoms with Crippen molar-refractivity contribution in [2.45, 2.75) is 45.1 Å². The van der Waals surface area contributed by atoms with Crippen molar-refractivity contribution in [3.05, 3.63) is 35.9 Å². The Labute approximate surface area is 121 Å². The zero-order valence-electron chi connectivity index (χ0n) is 12.2. The van der Waals surface area contributed by atoms with Crippen molar-refractivity contribution < 1.29 is 9.90 Å². The topological polar surface area (TPSA) is 49.3 Å². The zero-order valence-corrected chi connectivity index (χ0v) is 12.2. The quantitative estimate of drug-likeness (QED) is 0.804. The number of carbonyl (C=O) groups is 1. The van der Waals surface area contributed by atoms with Crippen LogP contribution in [-0.4, -0.2) is 23.7 Å². The summed E-state index contributed by atoms with van der Waals surface area (Å²) in [6.07, 6.45) is 5.12. The average molecular weight is 275 g/mol. The Hall–Kier alpha value is -1.35. The first-order chi connectivity index (χ1) is 9.66. The highest BCUT2D eigenvalue weighted by Gasteiger charge is 2.32. The van der Waals surface area contributed by atoms with Gasteiger partial charge in [-0.2, -0.15) is 0 Å². The lowest BCUT2D eigenvalue weighted by molar-refractivity contribution is -0.142. The molecule has 0 heterocycles. The summed E-state index contributed by atoms with van der Waals surface area (Å²) in [5.41, 5.74) is 1.37. The van der Waals surface area contributed by atoms with Crippen LogP contribution >= 0.6 is 0 Å². The molecule has 0 aromatic heterocycles. The molecule has 0 aliphatic heterocycles. The van der Waals surface area contributed by atoms with E-state index in [-0.39, 0.29) is 5.92 Å². The van der Waals surface area contributed by atoms with E-state index >= 15 is 0 Å². The van der Waals surface area contributed by atoms with Gasteiger partial charge in [-0.1, -0.05) is 36.8 Å². The second-order valence-corrected chi connectivity index (χ2v) is 5.97. The summed E-state index contributed by atoms with van der Waals surface area (Å²) in [5.74, 6) is -0.443. The second-order valence-electron chi connectivity index (χ2n) is 5.97. The third-order valence-electron chi connectivity index (χ3n) is 4.41. The third-order valence-corrected chi connectivity index (χ3v) is 4.41. The number of aliphatic carboxylic acids is 1. The lowest BCUT2D eigenvalue weighted by atomic mass is 9.95. The van der Waals surface area contributed by atoms with Gasteiger partial charge in [-0.25, -0.2) is 0 Å². The maximum absolute atomic E-state index is 11.1. The molecule has 3 atom stereocenters. The van der Waals surface area contributed by atoms with E-state index in [0.29, 0.717) is 12.0 Å². The molecule has 1 aliphatic rings. The first-order valence-corrected chi connectivity index (χ1v) is 7.67. The number of hydrogen-bond donors (Lipinski definition) is 2. The van der Waals surface area contributed by atoms with Crippen LogP contribution in [0.5, 0.6) is 0 Å². The van der Waals surface area contributed by atoms with E-state index < -0.39 is 5.97 Å². The number of aryl methyl sites for hydroxylation is 1. The Bertz CT molecular complexity index is 418. The molecule has 3 unspecified atom stereocenters. The van der Waals surface area contributed by atoms with Crippen LogP contribution in [0.25, 0.3) is 0 Å². The standard InChI is InChI=1S/C17H25NO2/c1-13(10-11-14-6-3-2-4-7-14)18-12-15-8-5-9-16(15)17(19)20/h2-4,6-7,13,15-16,18H,5,8-12H2,1H3,(H,19,20). The summed E-state index contributed by atoms with van der Waals surface area (Å²) in [6, 6.07) is 10.9. The fourth-order valence-electron chi connectivity index (χ4n) is 3.09. The van der Waals surface area contributed by atoms with Crippen molar-refractivity contribution in [2.75, 3.05) is 6.54 Å². The minimum absolute atomic E-state index is 0.135. The Balaban J connectivity index is 1.70. The largest absolute Gasteiger partial charge is 0.481 e. The van der Waals surface area contributed by atoms with Crippen molar-refractivity contribution in [1.82, 2.24) is 5.32 Å². The molecule has 3 nitrogen and oxygen atoms in total. The van der Waals surface area contributed by atoms with Gasteiger partial charge >= 0.3 is 5.97 Å². The maximum atomic E-state index is 11.1. The van der Waals surface area contributed by atoms with E-state index in [1.54, 1.807) is 0 Å². The van der Waals surface area contributed by atoms with Crippen LogP contribution in [0.1, 0.15) is 38.2 Å². The van der Waals surface area contributed by atoms with Gasteiger partial charge in [-0.3, -0.25) is 4.79 Å². The van der Waals surface area contributed by atoms with E-state index in [4.69, 9.17) is 0 Å². The Kier molecular flexibility index (Phi) is 5.60. The van der Waals surface area contributed by atoms with Crippen LogP contribution in [0.2, 0.25) is 0 Å². The number of carboxylic acid groups (broad SMARTS) is 1. The summed E-state index contributed by atoms with van der Waals surface area (Å²) in [6.45, 7) is 3.03. The number of benzene rings is 1. The molecular weight excluding hydrogens is 250 g/mol. The molecule has 1 aromatic carbocycles. The van der Waals surface area contributed by atoms with Gasteiger partial charge in [-0.05, 0) is 50.6 Å². The highest BCUT2D eigenvalue weighted by atomic mass is 16.4. The molecule has 20 heavy (non-hydrogen) atoms. The van der Waals surface area contributed by atoms with Crippen molar-refractivity contribution in [1.29, 1.82) is 0 Å². The fourth-order valence-corrected chi connectivity index (χ4v) is 3.09. The summed E-state index contributed by atoms with van der Waals surface area (Å²) in [5, 5.41) is 12.7. The van der Waals surface area contributed by atoms with Gasteiger partial charge in [0, 0.05) is 6.04 Å². The van der Waals surface area contributed by atoms with Crippen LogP contribution in [0.4, 0.5) is 0 Å². The number of hydrogen-bond acceptors (Lipinski definition) is 2. The second kappa shape index (κ2) is 7.44. The molecule has 0 amide bonds. The van der Waals surface area contributed by atoms with Gasteiger partial charge in [0.25, 0.3) is 0 Å². The molecule has 0 bridgehead atoms. The molecule has 2 rings (SSSR count). The highest BCUT2D eigenvalue weighted by Crippen LogP contribution is 2.31. The minimum atomic E-state index is -0.619. The van der Waals surface area contributed by atoms with E-state index in [0.717, 1.165) is 38.6 Å².